The third kappa shape index (κ3) is 6.50. The number of hydrogen-bond acceptors (Lipinski definition) is 6. The van der Waals surface area contributed by atoms with Gasteiger partial charge in [-0.15, -0.1) is 0 Å². The standard InChI is InChI=1S/C27H38N2O5/c1-20(2)29(18-23-17-28-19-27(23,31)16-21-9-6-5-7-10-21)26(30)22-11-12-24(33-4)25(15-22)34-14-8-13-32-3/h5-7,9-12,15,20,23,28,31H,8,13-14,16-19H2,1-4H3/t23-,27-/m0/s1. The number of nitrogens with one attached hydrogen (secondary N) is 1. The van der Waals surface area contributed by atoms with Gasteiger partial charge in [-0.25, -0.2) is 0 Å². The Kier molecular flexibility index (Phi) is 9.33. The predicted octanol–water partition coefficient (Wildman–Crippen LogP) is 3.15. The Morgan fingerprint density at radius 2 is 1.91 bits per heavy atom. The Morgan fingerprint density at radius 1 is 1.15 bits per heavy atom. The van der Waals surface area contributed by atoms with E-state index in [4.69, 9.17) is 14.2 Å². The van der Waals surface area contributed by atoms with Gasteiger partial charge in [-0.05, 0) is 37.6 Å². The summed E-state index contributed by atoms with van der Waals surface area (Å²) in [5.41, 5.74) is 0.713. The third-order valence-corrected chi connectivity index (χ3v) is 6.40. The van der Waals surface area contributed by atoms with E-state index < -0.39 is 5.60 Å². The minimum absolute atomic E-state index is 0.0257. The molecule has 1 saturated heterocycles. The minimum Gasteiger partial charge on any atom is -0.493 e. The summed E-state index contributed by atoms with van der Waals surface area (Å²) in [6.45, 7) is 6.71. The van der Waals surface area contributed by atoms with Crippen LogP contribution in [0.15, 0.2) is 48.5 Å². The van der Waals surface area contributed by atoms with Crippen molar-refractivity contribution in [3.63, 3.8) is 0 Å². The van der Waals surface area contributed by atoms with Crippen molar-refractivity contribution < 1.29 is 24.1 Å². The molecule has 7 heteroatoms. The fourth-order valence-electron chi connectivity index (χ4n) is 4.43. The number of aliphatic hydroxyl groups is 1. The van der Waals surface area contributed by atoms with Crippen molar-refractivity contribution in [2.45, 2.75) is 38.3 Å². The highest BCUT2D eigenvalue weighted by atomic mass is 16.5. The van der Waals surface area contributed by atoms with Crippen molar-refractivity contribution in [3.8, 4) is 11.5 Å². The summed E-state index contributed by atoms with van der Waals surface area (Å²) in [6, 6.07) is 15.3. The first kappa shape index (κ1) is 26.0. The first-order chi connectivity index (χ1) is 16.4. The van der Waals surface area contributed by atoms with Gasteiger partial charge in [0.1, 0.15) is 0 Å². The largest absolute Gasteiger partial charge is 0.493 e. The lowest BCUT2D eigenvalue weighted by atomic mass is 9.84. The summed E-state index contributed by atoms with van der Waals surface area (Å²) < 4.78 is 16.4. The number of ether oxygens (including phenoxy) is 3. The minimum atomic E-state index is -0.912. The van der Waals surface area contributed by atoms with Crippen molar-refractivity contribution >= 4 is 5.91 Å². The molecule has 0 bridgehead atoms. The van der Waals surface area contributed by atoms with Crippen LogP contribution >= 0.6 is 0 Å². The molecule has 1 fully saturated rings. The number of hydrogen-bond donors (Lipinski definition) is 2. The first-order valence-corrected chi connectivity index (χ1v) is 12.0. The summed E-state index contributed by atoms with van der Waals surface area (Å²) in [4.78, 5) is 15.4. The molecule has 34 heavy (non-hydrogen) atoms. The quantitative estimate of drug-likeness (QED) is 0.464. The first-order valence-electron chi connectivity index (χ1n) is 12.0. The predicted molar refractivity (Wildman–Crippen MR) is 133 cm³/mol. The van der Waals surface area contributed by atoms with Crippen LogP contribution < -0.4 is 14.8 Å². The molecule has 1 heterocycles. The second-order valence-electron chi connectivity index (χ2n) is 9.21. The molecule has 1 amide bonds. The van der Waals surface area contributed by atoms with Crippen molar-refractivity contribution in [2.75, 3.05) is 47.1 Å². The molecule has 0 unspecified atom stereocenters. The molecule has 0 spiro atoms. The lowest BCUT2D eigenvalue weighted by molar-refractivity contribution is 0.00135. The Labute approximate surface area is 203 Å². The molecule has 0 aromatic heterocycles. The molecule has 2 N–H and O–H groups in total. The van der Waals surface area contributed by atoms with Crippen molar-refractivity contribution in [1.82, 2.24) is 10.2 Å². The lowest BCUT2D eigenvalue weighted by Crippen LogP contribution is -2.48. The maximum absolute atomic E-state index is 13.6. The zero-order valence-electron chi connectivity index (χ0n) is 20.8. The van der Waals surface area contributed by atoms with Gasteiger partial charge in [-0.3, -0.25) is 4.79 Å². The van der Waals surface area contributed by atoms with Crippen molar-refractivity contribution in [1.29, 1.82) is 0 Å². The fourth-order valence-corrected chi connectivity index (χ4v) is 4.43. The van der Waals surface area contributed by atoms with Crippen LogP contribution in [-0.2, 0) is 11.2 Å². The third-order valence-electron chi connectivity index (χ3n) is 6.40. The summed E-state index contributed by atoms with van der Waals surface area (Å²) >= 11 is 0. The number of methoxy groups -OCH3 is 2. The summed E-state index contributed by atoms with van der Waals surface area (Å²) in [7, 11) is 3.24. The molecular weight excluding hydrogens is 432 g/mol. The Morgan fingerprint density at radius 3 is 2.59 bits per heavy atom. The summed E-state index contributed by atoms with van der Waals surface area (Å²) in [5.74, 6) is 0.953. The Balaban J connectivity index is 1.76. The molecule has 0 radical (unpaired) electrons. The number of benzene rings is 2. The van der Waals surface area contributed by atoms with Gasteiger partial charge >= 0.3 is 0 Å². The maximum atomic E-state index is 13.6. The molecule has 2 aromatic rings. The number of amides is 1. The van der Waals surface area contributed by atoms with Crippen LogP contribution in [0.2, 0.25) is 0 Å². The van der Waals surface area contributed by atoms with Crippen molar-refractivity contribution in [3.05, 3.63) is 59.7 Å². The van der Waals surface area contributed by atoms with E-state index in [1.807, 2.05) is 49.1 Å². The van der Waals surface area contributed by atoms with Crippen LogP contribution in [0.1, 0.15) is 36.2 Å². The molecule has 3 rings (SSSR count). The number of β-amino-alcohol motifs (C(OH)–C–C–N with tert-alkyl or cyclic N) is 1. The average molecular weight is 471 g/mol. The van der Waals surface area contributed by atoms with Crippen LogP contribution in [0.4, 0.5) is 0 Å². The summed E-state index contributed by atoms with van der Waals surface area (Å²) in [5, 5.41) is 14.8. The molecule has 0 saturated carbocycles. The molecule has 7 nitrogen and oxygen atoms in total. The van der Waals surface area contributed by atoms with E-state index in [9.17, 15) is 9.90 Å². The van der Waals surface area contributed by atoms with Gasteiger partial charge < -0.3 is 29.5 Å². The van der Waals surface area contributed by atoms with E-state index in [1.165, 1.54) is 0 Å². The fraction of sp³-hybridized carbons (Fsp3) is 0.519. The zero-order valence-corrected chi connectivity index (χ0v) is 20.8. The number of rotatable bonds is 12. The maximum Gasteiger partial charge on any atom is 0.254 e. The lowest BCUT2D eigenvalue weighted by Gasteiger charge is -2.35. The Hall–Kier alpha value is -2.61. The van der Waals surface area contributed by atoms with Crippen LogP contribution in [0.25, 0.3) is 0 Å². The van der Waals surface area contributed by atoms with Gasteiger partial charge in [-0.1, -0.05) is 30.3 Å². The van der Waals surface area contributed by atoms with E-state index in [2.05, 4.69) is 5.32 Å². The van der Waals surface area contributed by atoms with E-state index in [0.717, 1.165) is 12.0 Å². The summed E-state index contributed by atoms with van der Waals surface area (Å²) in [6.07, 6.45) is 1.29. The molecule has 2 aromatic carbocycles. The van der Waals surface area contributed by atoms with E-state index in [1.54, 1.807) is 32.4 Å². The monoisotopic (exact) mass is 470 g/mol. The Bertz CT molecular complexity index is 920. The number of carbonyl (C=O) groups is 1. The SMILES string of the molecule is COCCCOc1cc(C(=O)N(C[C@@H]2CNC[C@@]2(O)Cc2ccccc2)C(C)C)ccc1OC. The van der Waals surface area contributed by atoms with Gasteiger partial charge in [0.25, 0.3) is 5.91 Å². The highest BCUT2D eigenvalue weighted by Gasteiger charge is 2.43. The van der Waals surface area contributed by atoms with Gasteiger partial charge in [0.15, 0.2) is 11.5 Å². The van der Waals surface area contributed by atoms with Gasteiger partial charge in [0.05, 0.1) is 19.3 Å². The number of nitrogens with zero attached hydrogens (tertiary/aromatic N) is 1. The van der Waals surface area contributed by atoms with E-state index in [0.29, 0.717) is 56.3 Å². The average Bonchev–Trinajstić information content (AvgIpc) is 3.19. The van der Waals surface area contributed by atoms with Crippen molar-refractivity contribution in [2.24, 2.45) is 5.92 Å². The van der Waals surface area contributed by atoms with E-state index >= 15 is 0 Å². The second kappa shape index (κ2) is 12.2. The van der Waals surface area contributed by atoms with Gasteiger partial charge in [-0.2, -0.15) is 0 Å². The van der Waals surface area contributed by atoms with Crippen LogP contribution in [0.3, 0.4) is 0 Å². The normalized spacial score (nSPS) is 19.9. The highest BCUT2D eigenvalue weighted by molar-refractivity contribution is 5.95. The second-order valence-corrected chi connectivity index (χ2v) is 9.21. The molecular formula is C27H38N2O5. The topological polar surface area (TPSA) is 80.3 Å². The van der Waals surface area contributed by atoms with Crippen LogP contribution in [0, 0.1) is 5.92 Å². The molecule has 1 aliphatic heterocycles. The number of carbonyl (C=O) groups excluding carboxylic acids is 1. The molecule has 186 valence electrons. The molecule has 1 aliphatic rings. The van der Waals surface area contributed by atoms with Crippen LogP contribution in [0.5, 0.6) is 11.5 Å². The van der Waals surface area contributed by atoms with Crippen LogP contribution in [-0.4, -0.2) is 74.6 Å². The smallest absolute Gasteiger partial charge is 0.254 e. The van der Waals surface area contributed by atoms with E-state index in [-0.39, 0.29) is 17.9 Å². The van der Waals surface area contributed by atoms with Gasteiger partial charge in [0.2, 0.25) is 0 Å². The highest BCUT2D eigenvalue weighted by Crippen LogP contribution is 2.31. The van der Waals surface area contributed by atoms with Gasteiger partial charge in [0, 0.05) is 63.7 Å². The molecule has 0 aliphatic carbocycles. The molecule has 2 atom stereocenters. The zero-order chi connectivity index (χ0) is 24.6.